The molecule has 0 spiro atoms. The summed E-state index contributed by atoms with van der Waals surface area (Å²) in [5, 5.41) is 10.3. The van der Waals surface area contributed by atoms with Gasteiger partial charge in [0.05, 0.1) is 19.8 Å². The standard InChI is InChI=1S/C20H23F2NO4/c1-25-18-4-2-3-5-19(18)27-13-15(24)11-23-8-9-26-20(12-23)14-6-7-16(21)17(22)10-14/h2-7,10,15,20,24H,8-9,11-13H2,1H3. The Bertz CT molecular complexity index is 759. The molecule has 0 aromatic heterocycles. The lowest BCUT2D eigenvalue weighted by molar-refractivity contribution is -0.0461. The van der Waals surface area contributed by atoms with Gasteiger partial charge in [-0.2, -0.15) is 0 Å². The number of rotatable bonds is 7. The van der Waals surface area contributed by atoms with Crippen LogP contribution < -0.4 is 9.47 Å². The minimum absolute atomic E-state index is 0.119. The topological polar surface area (TPSA) is 51.2 Å². The van der Waals surface area contributed by atoms with Crippen LogP contribution in [0.1, 0.15) is 11.7 Å². The predicted molar refractivity (Wildman–Crippen MR) is 96.0 cm³/mol. The summed E-state index contributed by atoms with van der Waals surface area (Å²) in [5.41, 5.74) is 0.582. The maximum atomic E-state index is 13.5. The van der Waals surface area contributed by atoms with Gasteiger partial charge in [0.15, 0.2) is 23.1 Å². The molecule has 0 bridgehead atoms. The van der Waals surface area contributed by atoms with E-state index in [1.54, 1.807) is 19.2 Å². The molecule has 1 heterocycles. The molecule has 0 radical (unpaired) electrons. The first-order valence-corrected chi connectivity index (χ1v) is 8.79. The zero-order valence-electron chi connectivity index (χ0n) is 15.1. The molecule has 146 valence electrons. The van der Waals surface area contributed by atoms with Gasteiger partial charge in [-0.05, 0) is 29.8 Å². The molecule has 5 nitrogen and oxygen atoms in total. The van der Waals surface area contributed by atoms with Crippen molar-refractivity contribution in [2.24, 2.45) is 0 Å². The van der Waals surface area contributed by atoms with Crippen molar-refractivity contribution < 1.29 is 28.1 Å². The molecule has 2 aromatic rings. The number of para-hydroxylation sites is 2. The third kappa shape index (κ3) is 5.15. The van der Waals surface area contributed by atoms with Crippen molar-refractivity contribution in [3.8, 4) is 11.5 Å². The Morgan fingerprint density at radius 1 is 1.19 bits per heavy atom. The highest BCUT2D eigenvalue weighted by atomic mass is 19.2. The second-order valence-electron chi connectivity index (χ2n) is 6.41. The minimum Gasteiger partial charge on any atom is -0.493 e. The molecule has 0 amide bonds. The summed E-state index contributed by atoms with van der Waals surface area (Å²) in [7, 11) is 1.56. The van der Waals surface area contributed by atoms with Crippen LogP contribution in [0, 0.1) is 11.6 Å². The van der Waals surface area contributed by atoms with Crippen LogP contribution in [0.4, 0.5) is 8.78 Å². The number of β-amino-alcohol motifs (C(OH)–C–C–N with tert-alkyl or cyclic N) is 1. The lowest BCUT2D eigenvalue weighted by Crippen LogP contribution is -2.43. The van der Waals surface area contributed by atoms with Crippen molar-refractivity contribution in [1.29, 1.82) is 0 Å². The molecule has 2 unspecified atom stereocenters. The van der Waals surface area contributed by atoms with Gasteiger partial charge in [-0.1, -0.05) is 18.2 Å². The SMILES string of the molecule is COc1ccccc1OCC(O)CN1CCOC(c2ccc(F)c(F)c2)C1. The molecule has 1 N–H and O–H groups in total. The zero-order chi connectivity index (χ0) is 19.2. The van der Waals surface area contributed by atoms with Gasteiger partial charge in [-0.25, -0.2) is 8.78 Å². The molecule has 1 aliphatic rings. The van der Waals surface area contributed by atoms with Crippen molar-refractivity contribution in [1.82, 2.24) is 4.90 Å². The number of nitrogens with zero attached hydrogens (tertiary/aromatic N) is 1. The molecule has 1 fully saturated rings. The lowest BCUT2D eigenvalue weighted by Gasteiger charge is -2.34. The van der Waals surface area contributed by atoms with Gasteiger partial charge in [0, 0.05) is 19.6 Å². The molecule has 27 heavy (non-hydrogen) atoms. The van der Waals surface area contributed by atoms with Gasteiger partial charge in [0.2, 0.25) is 0 Å². The second kappa shape index (κ2) is 9.12. The molecular formula is C20H23F2NO4. The minimum atomic E-state index is -0.890. The van der Waals surface area contributed by atoms with E-state index in [0.717, 1.165) is 12.1 Å². The van der Waals surface area contributed by atoms with Crippen LogP contribution >= 0.6 is 0 Å². The van der Waals surface area contributed by atoms with Gasteiger partial charge in [0.25, 0.3) is 0 Å². The highest BCUT2D eigenvalue weighted by Crippen LogP contribution is 2.26. The highest BCUT2D eigenvalue weighted by molar-refractivity contribution is 5.39. The number of ether oxygens (including phenoxy) is 3. The van der Waals surface area contributed by atoms with E-state index in [4.69, 9.17) is 14.2 Å². The van der Waals surface area contributed by atoms with Gasteiger partial charge in [0.1, 0.15) is 12.7 Å². The van der Waals surface area contributed by atoms with Crippen LogP contribution in [-0.2, 0) is 4.74 Å². The number of hydrogen-bond donors (Lipinski definition) is 1. The molecule has 0 aliphatic carbocycles. The Morgan fingerprint density at radius 3 is 2.70 bits per heavy atom. The number of methoxy groups -OCH3 is 1. The fraction of sp³-hybridized carbons (Fsp3) is 0.400. The summed E-state index contributed by atoms with van der Waals surface area (Å²) in [4.78, 5) is 2.02. The molecule has 1 saturated heterocycles. The summed E-state index contributed by atoms with van der Waals surface area (Å²) in [6.07, 6.45) is -1.07. The molecule has 2 atom stereocenters. The number of hydrogen-bond acceptors (Lipinski definition) is 5. The normalized spacial score (nSPS) is 18.9. The first kappa shape index (κ1) is 19.5. The molecule has 2 aromatic carbocycles. The maximum Gasteiger partial charge on any atom is 0.161 e. The van der Waals surface area contributed by atoms with E-state index in [0.29, 0.717) is 43.3 Å². The number of morpholine rings is 1. The number of halogens is 2. The number of aliphatic hydroxyl groups excluding tert-OH is 1. The quantitative estimate of drug-likeness (QED) is 0.802. The smallest absolute Gasteiger partial charge is 0.161 e. The van der Waals surface area contributed by atoms with E-state index >= 15 is 0 Å². The lowest BCUT2D eigenvalue weighted by atomic mass is 10.1. The Labute approximate surface area is 157 Å². The maximum absolute atomic E-state index is 13.5. The van der Waals surface area contributed by atoms with E-state index in [2.05, 4.69) is 0 Å². The van der Waals surface area contributed by atoms with Crippen LogP contribution in [0.5, 0.6) is 11.5 Å². The predicted octanol–water partition coefficient (Wildman–Crippen LogP) is 2.79. The first-order valence-electron chi connectivity index (χ1n) is 8.79. The Balaban J connectivity index is 1.53. The van der Waals surface area contributed by atoms with E-state index in [9.17, 15) is 13.9 Å². The van der Waals surface area contributed by atoms with Crippen LogP contribution in [0.3, 0.4) is 0 Å². The van der Waals surface area contributed by atoms with Crippen molar-refractivity contribution in [2.75, 3.05) is 40.0 Å². The fourth-order valence-corrected chi connectivity index (χ4v) is 3.06. The summed E-state index contributed by atoms with van der Waals surface area (Å²) in [6, 6.07) is 11.0. The average molecular weight is 379 g/mol. The number of benzene rings is 2. The monoisotopic (exact) mass is 379 g/mol. The Kier molecular flexibility index (Phi) is 6.60. The van der Waals surface area contributed by atoms with Crippen LogP contribution in [0.15, 0.2) is 42.5 Å². The summed E-state index contributed by atoms with van der Waals surface area (Å²) in [5.74, 6) is -0.594. The van der Waals surface area contributed by atoms with E-state index < -0.39 is 17.7 Å². The van der Waals surface area contributed by atoms with Gasteiger partial charge < -0.3 is 19.3 Å². The highest BCUT2D eigenvalue weighted by Gasteiger charge is 2.24. The summed E-state index contributed by atoms with van der Waals surface area (Å²) in [6.45, 7) is 2.08. The Morgan fingerprint density at radius 2 is 1.96 bits per heavy atom. The largest absolute Gasteiger partial charge is 0.493 e. The molecule has 7 heteroatoms. The third-order valence-electron chi connectivity index (χ3n) is 4.44. The Hall–Kier alpha value is -2.22. The van der Waals surface area contributed by atoms with E-state index in [1.807, 2.05) is 17.0 Å². The van der Waals surface area contributed by atoms with Crippen LogP contribution in [-0.4, -0.2) is 56.1 Å². The summed E-state index contributed by atoms with van der Waals surface area (Å²) < 4.78 is 43.1. The van der Waals surface area contributed by atoms with Gasteiger partial charge in [-0.3, -0.25) is 4.90 Å². The second-order valence-corrected chi connectivity index (χ2v) is 6.41. The molecule has 3 rings (SSSR count). The molecule has 1 aliphatic heterocycles. The number of aliphatic hydroxyl groups is 1. The van der Waals surface area contributed by atoms with Gasteiger partial charge in [-0.15, -0.1) is 0 Å². The van der Waals surface area contributed by atoms with Gasteiger partial charge >= 0.3 is 0 Å². The first-order chi connectivity index (χ1) is 13.1. The molecule has 0 saturated carbocycles. The molecular weight excluding hydrogens is 356 g/mol. The van der Waals surface area contributed by atoms with E-state index in [1.165, 1.54) is 6.07 Å². The fourth-order valence-electron chi connectivity index (χ4n) is 3.06. The van der Waals surface area contributed by atoms with Crippen LogP contribution in [0.25, 0.3) is 0 Å². The van der Waals surface area contributed by atoms with Crippen molar-refractivity contribution in [3.63, 3.8) is 0 Å². The third-order valence-corrected chi connectivity index (χ3v) is 4.44. The van der Waals surface area contributed by atoms with Crippen molar-refractivity contribution >= 4 is 0 Å². The average Bonchev–Trinajstić information content (AvgIpc) is 2.69. The van der Waals surface area contributed by atoms with Crippen molar-refractivity contribution in [2.45, 2.75) is 12.2 Å². The van der Waals surface area contributed by atoms with E-state index in [-0.39, 0.29) is 12.7 Å². The van der Waals surface area contributed by atoms with Crippen LogP contribution in [0.2, 0.25) is 0 Å². The summed E-state index contributed by atoms with van der Waals surface area (Å²) >= 11 is 0. The zero-order valence-corrected chi connectivity index (χ0v) is 15.1. The van der Waals surface area contributed by atoms with Crippen molar-refractivity contribution in [3.05, 3.63) is 59.7 Å².